The number of hydrogen-bond donors (Lipinski definition) is 4. The molecule has 21 heavy (non-hydrogen) atoms. The predicted molar refractivity (Wildman–Crippen MR) is 88.6 cm³/mol. The van der Waals surface area contributed by atoms with Crippen LogP contribution in [0.2, 0.25) is 0 Å². The number of nitrogen functional groups attached to an aromatic ring is 1. The average molecular weight is 309 g/mol. The SMILES string of the molecule is CCc1cc2c(NCC(C)(C)CCO)nc(NN)nc2s1. The van der Waals surface area contributed by atoms with E-state index in [9.17, 15) is 0 Å². The van der Waals surface area contributed by atoms with Gasteiger partial charge in [0, 0.05) is 18.0 Å². The summed E-state index contributed by atoms with van der Waals surface area (Å²) >= 11 is 1.66. The summed E-state index contributed by atoms with van der Waals surface area (Å²) in [5.41, 5.74) is 2.51. The molecule has 0 unspecified atom stereocenters. The lowest BCUT2D eigenvalue weighted by molar-refractivity contribution is 0.220. The minimum atomic E-state index is -0.00800. The highest BCUT2D eigenvalue weighted by Crippen LogP contribution is 2.31. The highest BCUT2D eigenvalue weighted by Gasteiger charge is 2.18. The largest absolute Gasteiger partial charge is 0.396 e. The maximum atomic E-state index is 9.11. The molecule has 0 spiro atoms. The minimum absolute atomic E-state index is 0.00800. The van der Waals surface area contributed by atoms with E-state index in [1.807, 2.05) is 0 Å². The number of aromatic nitrogens is 2. The van der Waals surface area contributed by atoms with E-state index in [4.69, 9.17) is 10.9 Å². The third-order valence-electron chi connectivity index (χ3n) is 3.44. The van der Waals surface area contributed by atoms with Crippen molar-refractivity contribution in [3.8, 4) is 0 Å². The molecule has 116 valence electrons. The Morgan fingerprint density at radius 2 is 2.14 bits per heavy atom. The molecule has 2 heterocycles. The first-order valence-electron chi connectivity index (χ1n) is 7.11. The van der Waals surface area contributed by atoms with Crippen LogP contribution in [-0.2, 0) is 6.42 Å². The first-order valence-corrected chi connectivity index (χ1v) is 7.92. The Hall–Kier alpha value is -1.44. The maximum Gasteiger partial charge on any atom is 0.240 e. The molecule has 0 saturated heterocycles. The molecule has 2 aromatic rings. The lowest BCUT2D eigenvalue weighted by Gasteiger charge is -2.24. The van der Waals surface area contributed by atoms with Crippen LogP contribution >= 0.6 is 11.3 Å². The molecule has 0 aliphatic rings. The second kappa shape index (κ2) is 6.55. The number of fused-ring (bicyclic) bond motifs is 1. The minimum Gasteiger partial charge on any atom is -0.396 e. The van der Waals surface area contributed by atoms with E-state index >= 15 is 0 Å². The maximum absolute atomic E-state index is 9.11. The fourth-order valence-corrected chi connectivity index (χ4v) is 3.03. The van der Waals surface area contributed by atoms with Crippen LogP contribution in [0.25, 0.3) is 10.2 Å². The van der Waals surface area contributed by atoms with Gasteiger partial charge in [-0.3, -0.25) is 5.43 Å². The van der Waals surface area contributed by atoms with E-state index in [2.05, 4.69) is 47.5 Å². The van der Waals surface area contributed by atoms with Crippen LogP contribution in [0.3, 0.4) is 0 Å². The van der Waals surface area contributed by atoms with E-state index in [-0.39, 0.29) is 12.0 Å². The Labute approximate surface area is 128 Å². The van der Waals surface area contributed by atoms with Gasteiger partial charge in [0.25, 0.3) is 0 Å². The lowest BCUT2D eigenvalue weighted by atomic mass is 9.90. The highest BCUT2D eigenvalue weighted by atomic mass is 32.1. The summed E-state index contributed by atoms with van der Waals surface area (Å²) < 4.78 is 0. The average Bonchev–Trinajstić information content (AvgIpc) is 2.87. The molecule has 2 rings (SSSR count). The number of hydrogen-bond acceptors (Lipinski definition) is 7. The van der Waals surface area contributed by atoms with Gasteiger partial charge in [0.2, 0.25) is 5.95 Å². The standard InChI is InChI=1S/C14H23N5OS/c1-4-9-7-10-11(16-8-14(2,3)5-6-20)17-13(19-15)18-12(10)21-9/h7,20H,4-6,8,15H2,1-3H3,(H2,16,17,18,19). The Balaban J connectivity index is 2.30. The first kappa shape index (κ1) is 15.9. The zero-order valence-electron chi connectivity index (χ0n) is 12.7. The molecule has 0 aromatic carbocycles. The fourth-order valence-electron chi connectivity index (χ4n) is 2.06. The second-order valence-electron chi connectivity index (χ2n) is 5.82. The monoisotopic (exact) mass is 309 g/mol. The zero-order chi connectivity index (χ0) is 15.5. The number of rotatable bonds is 7. The number of thiophene rings is 1. The summed E-state index contributed by atoms with van der Waals surface area (Å²) in [6, 6.07) is 2.13. The van der Waals surface area contributed by atoms with Gasteiger partial charge in [-0.05, 0) is 24.3 Å². The van der Waals surface area contributed by atoms with Crippen LogP contribution < -0.4 is 16.6 Å². The number of nitrogens with two attached hydrogens (primary N) is 1. The van der Waals surface area contributed by atoms with E-state index < -0.39 is 0 Å². The molecule has 7 heteroatoms. The van der Waals surface area contributed by atoms with Crippen molar-refractivity contribution in [2.24, 2.45) is 11.3 Å². The van der Waals surface area contributed by atoms with E-state index in [0.717, 1.165) is 35.4 Å². The Morgan fingerprint density at radius 1 is 1.38 bits per heavy atom. The Bertz CT molecular complexity index is 611. The van der Waals surface area contributed by atoms with Crippen molar-refractivity contribution in [1.29, 1.82) is 0 Å². The molecule has 2 aromatic heterocycles. The van der Waals surface area contributed by atoms with Crippen LogP contribution in [0.15, 0.2) is 6.07 Å². The third-order valence-corrected chi connectivity index (χ3v) is 4.62. The second-order valence-corrected chi connectivity index (χ2v) is 6.93. The summed E-state index contributed by atoms with van der Waals surface area (Å²) in [6.07, 6.45) is 1.71. The van der Waals surface area contributed by atoms with Gasteiger partial charge in [0.15, 0.2) is 0 Å². The molecule has 0 saturated carbocycles. The predicted octanol–water partition coefficient (Wildman–Crippen LogP) is 2.36. The molecule has 0 aliphatic heterocycles. The normalized spacial score (nSPS) is 11.9. The molecule has 0 aliphatic carbocycles. The van der Waals surface area contributed by atoms with Gasteiger partial charge in [0.05, 0.1) is 5.39 Å². The topological polar surface area (TPSA) is 96.1 Å². The van der Waals surface area contributed by atoms with E-state index in [1.54, 1.807) is 11.3 Å². The van der Waals surface area contributed by atoms with Gasteiger partial charge < -0.3 is 10.4 Å². The van der Waals surface area contributed by atoms with Crippen LogP contribution in [-0.4, -0.2) is 28.2 Å². The zero-order valence-corrected chi connectivity index (χ0v) is 13.5. The summed E-state index contributed by atoms with van der Waals surface area (Å²) in [6.45, 7) is 7.25. The van der Waals surface area contributed by atoms with Crippen LogP contribution in [0.4, 0.5) is 11.8 Å². The van der Waals surface area contributed by atoms with Gasteiger partial charge in [-0.1, -0.05) is 20.8 Å². The summed E-state index contributed by atoms with van der Waals surface area (Å²) in [7, 11) is 0. The van der Waals surface area contributed by atoms with Crippen molar-refractivity contribution in [2.45, 2.75) is 33.6 Å². The van der Waals surface area contributed by atoms with E-state index in [0.29, 0.717) is 5.95 Å². The number of nitrogens with one attached hydrogen (secondary N) is 2. The van der Waals surface area contributed by atoms with Gasteiger partial charge in [0.1, 0.15) is 10.6 Å². The van der Waals surface area contributed by atoms with Gasteiger partial charge in [-0.25, -0.2) is 10.8 Å². The highest BCUT2D eigenvalue weighted by molar-refractivity contribution is 7.18. The van der Waals surface area contributed by atoms with Gasteiger partial charge in [-0.15, -0.1) is 11.3 Å². The Morgan fingerprint density at radius 3 is 2.76 bits per heavy atom. The lowest BCUT2D eigenvalue weighted by Crippen LogP contribution is -2.25. The third kappa shape index (κ3) is 3.81. The van der Waals surface area contributed by atoms with Gasteiger partial charge in [-0.2, -0.15) is 4.98 Å². The molecule has 0 radical (unpaired) electrons. The smallest absolute Gasteiger partial charge is 0.240 e. The molecule has 0 bridgehead atoms. The Kier molecular flexibility index (Phi) is 4.97. The number of hydrazine groups is 1. The molecular formula is C14H23N5OS. The van der Waals surface area contributed by atoms with Crippen molar-refractivity contribution in [3.05, 3.63) is 10.9 Å². The summed E-state index contributed by atoms with van der Waals surface area (Å²) in [5, 5.41) is 13.5. The van der Waals surface area contributed by atoms with Crippen LogP contribution in [0.1, 0.15) is 32.1 Å². The van der Waals surface area contributed by atoms with Crippen LogP contribution in [0, 0.1) is 5.41 Å². The van der Waals surface area contributed by atoms with Crippen molar-refractivity contribution in [3.63, 3.8) is 0 Å². The van der Waals surface area contributed by atoms with Gasteiger partial charge >= 0.3 is 0 Å². The number of aryl methyl sites for hydroxylation is 1. The molecular weight excluding hydrogens is 286 g/mol. The molecule has 6 nitrogen and oxygen atoms in total. The molecule has 5 N–H and O–H groups in total. The van der Waals surface area contributed by atoms with Crippen molar-refractivity contribution in [2.75, 3.05) is 23.9 Å². The summed E-state index contributed by atoms with van der Waals surface area (Å²) in [4.78, 5) is 11.0. The van der Waals surface area contributed by atoms with Crippen molar-refractivity contribution < 1.29 is 5.11 Å². The van der Waals surface area contributed by atoms with E-state index in [1.165, 1.54) is 4.88 Å². The fraction of sp³-hybridized carbons (Fsp3) is 0.571. The number of aliphatic hydroxyl groups excluding tert-OH is 1. The number of nitrogens with zero attached hydrogens (tertiary/aromatic N) is 2. The quantitative estimate of drug-likeness (QED) is 0.463. The molecule has 0 fully saturated rings. The summed E-state index contributed by atoms with van der Waals surface area (Å²) in [5.74, 6) is 6.65. The molecule has 0 amide bonds. The van der Waals surface area contributed by atoms with Crippen molar-refractivity contribution >= 4 is 33.3 Å². The van der Waals surface area contributed by atoms with Crippen LogP contribution in [0.5, 0.6) is 0 Å². The first-order chi connectivity index (χ1) is 9.99. The molecule has 0 atom stereocenters. The number of anilines is 2. The van der Waals surface area contributed by atoms with Crippen molar-refractivity contribution in [1.82, 2.24) is 9.97 Å². The number of aliphatic hydroxyl groups is 1.